The molecule has 1 N–H and O–H groups in total. The second kappa shape index (κ2) is 9.50. The summed E-state index contributed by atoms with van der Waals surface area (Å²) in [7, 11) is 1.74. The van der Waals surface area contributed by atoms with Crippen molar-refractivity contribution in [3.05, 3.63) is 41.5 Å². The minimum Gasteiger partial charge on any atom is -0.466 e. The van der Waals surface area contributed by atoms with Crippen LogP contribution < -0.4 is 5.32 Å². The number of rotatable bonds is 8. The lowest BCUT2D eigenvalue weighted by Gasteiger charge is -2.17. The fraction of sp³-hybridized carbons (Fsp3) is 0.444. The first kappa shape index (κ1) is 20.9. The Balaban J connectivity index is 1.95. The maximum absolute atomic E-state index is 13.0. The summed E-state index contributed by atoms with van der Waals surface area (Å²) in [6.45, 7) is 5.64. The van der Waals surface area contributed by atoms with Crippen LogP contribution in [0.2, 0.25) is 0 Å². The molecule has 0 bridgehead atoms. The Morgan fingerprint density at radius 3 is 2.56 bits per heavy atom. The van der Waals surface area contributed by atoms with Crippen LogP contribution in [-0.2, 0) is 27.8 Å². The van der Waals surface area contributed by atoms with Gasteiger partial charge >= 0.3 is 5.97 Å². The van der Waals surface area contributed by atoms with Gasteiger partial charge in [-0.05, 0) is 38.5 Å². The lowest BCUT2D eigenvalue weighted by atomic mass is 10.1. The number of hydrogen-bond acceptors (Lipinski definition) is 6. The van der Waals surface area contributed by atoms with Gasteiger partial charge in [0.25, 0.3) is 0 Å². The van der Waals surface area contributed by atoms with Crippen molar-refractivity contribution in [3.8, 4) is 0 Å². The number of aromatic nitrogens is 3. The van der Waals surface area contributed by atoms with E-state index in [1.165, 1.54) is 23.9 Å². The molecule has 2 rings (SSSR count). The molecule has 2 aromatic rings. The van der Waals surface area contributed by atoms with Crippen LogP contribution in [0.25, 0.3) is 0 Å². The summed E-state index contributed by atoms with van der Waals surface area (Å²) in [6, 6.07) is 5.76. The molecule has 7 nitrogen and oxygen atoms in total. The van der Waals surface area contributed by atoms with Crippen LogP contribution in [0, 0.1) is 5.82 Å². The molecule has 1 aromatic carbocycles. The second-order valence-corrected chi connectivity index (χ2v) is 7.29. The summed E-state index contributed by atoms with van der Waals surface area (Å²) >= 11 is 1.24. The Hall–Kier alpha value is -2.42. The number of ether oxygens (including phenoxy) is 1. The van der Waals surface area contributed by atoms with Crippen molar-refractivity contribution in [3.63, 3.8) is 0 Å². The van der Waals surface area contributed by atoms with Gasteiger partial charge in [-0.2, -0.15) is 0 Å². The number of carbonyl (C=O) groups excluding carboxylic acids is 2. The zero-order chi connectivity index (χ0) is 20.0. The van der Waals surface area contributed by atoms with Gasteiger partial charge < -0.3 is 14.6 Å². The Morgan fingerprint density at radius 1 is 1.26 bits per heavy atom. The van der Waals surface area contributed by atoms with Crippen LogP contribution >= 0.6 is 11.8 Å². The van der Waals surface area contributed by atoms with Crippen molar-refractivity contribution in [2.24, 2.45) is 7.05 Å². The third-order valence-corrected chi connectivity index (χ3v) is 5.05. The highest BCUT2D eigenvalue weighted by Crippen LogP contribution is 2.23. The van der Waals surface area contributed by atoms with Gasteiger partial charge in [-0.1, -0.05) is 23.9 Å². The topological polar surface area (TPSA) is 86.1 Å². The smallest absolute Gasteiger partial charge is 0.313 e. The summed E-state index contributed by atoms with van der Waals surface area (Å²) in [5.41, 5.74) is 0.817. The lowest BCUT2D eigenvalue weighted by molar-refractivity contribution is -0.142. The van der Waals surface area contributed by atoms with Crippen molar-refractivity contribution in [2.45, 2.75) is 43.6 Å². The summed E-state index contributed by atoms with van der Waals surface area (Å²) in [4.78, 5) is 24.0. The van der Waals surface area contributed by atoms with Crippen LogP contribution in [-0.4, -0.2) is 38.5 Å². The monoisotopic (exact) mass is 394 g/mol. The predicted molar refractivity (Wildman–Crippen MR) is 99.6 cm³/mol. The van der Waals surface area contributed by atoms with Gasteiger partial charge in [0.2, 0.25) is 5.91 Å². The van der Waals surface area contributed by atoms with E-state index in [9.17, 15) is 14.0 Å². The fourth-order valence-electron chi connectivity index (χ4n) is 2.32. The van der Waals surface area contributed by atoms with E-state index in [0.29, 0.717) is 17.6 Å². The number of thioether (sulfide) groups is 1. The summed E-state index contributed by atoms with van der Waals surface area (Å²) in [5, 5.41) is 11.0. The van der Waals surface area contributed by atoms with Crippen molar-refractivity contribution < 1.29 is 18.7 Å². The molecule has 146 valence electrons. The molecule has 27 heavy (non-hydrogen) atoms. The quantitative estimate of drug-likeness (QED) is 0.547. The molecule has 0 saturated heterocycles. The highest BCUT2D eigenvalue weighted by Gasteiger charge is 2.21. The third kappa shape index (κ3) is 5.78. The lowest BCUT2D eigenvalue weighted by Crippen LogP contribution is -2.33. The van der Waals surface area contributed by atoms with Gasteiger partial charge in [0, 0.05) is 7.05 Å². The Kier molecular flexibility index (Phi) is 7.35. The van der Waals surface area contributed by atoms with Gasteiger partial charge in [0.1, 0.15) is 18.1 Å². The molecule has 9 heteroatoms. The van der Waals surface area contributed by atoms with Gasteiger partial charge in [-0.3, -0.25) is 9.59 Å². The fourth-order valence-corrected chi connectivity index (χ4v) is 3.16. The molecule has 0 radical (unpaired) electrons. The normalized spacial score (nSPS) is 13.1. The number of halogens is 1. The third-order valence-electron chi connectivity index (χ3n) is 3.91. The van der Waals surface area contributed by atoms with Gasteiger partial charge in [-0.25, -0.2) is 4.39 Å². The van der Waals surface area contributed by atoms with E-state index in [2.05, 4.69) is 15.5 Å². The number of benzene rings is 1. The maximum Gasteiger partial charge on any atom is 0.313 e. The van der Waals surface area contributed by atoms with E-state index in [1.807, 2.05) is 6.92 Å². The van der Waals surface area contributed by atoms with Crippen LogP contribution in [0.4, 0.5) is 4.39 Å². The van der Waals surface area contributed by atoms with Crippen LogP contribution in [0.15, 0.2) is 29.4 Å². The maximum atomic E-state index is 13.0. The number of nitrogens with zero attached hydrogens (tertiary/aromatic N) is 3. The summed E-state index contributed by atoms with van der Waals surface area (Å²) in [5.74, 6) is -0.388. The Labute approximate surface area is 161 Å². The standard InChI is InChI=1S/C18H23FN4O3S/c1-5-26-16(24)10-15-21-22-18(23(15)4)27-12(3)17(25)20-11(2)13-6-8-14(19)9-7-13/h6-9,11-12H,5,10H2,1-4H3,(H,20,25)/t11-,12+/m1/s1. The first-order valence-corrected chi connectivity index (χ1v) is 9.46. The van der Waals surface area contributed by atoms with Crippen LogP contribution in [0.1, 0.15) is 38.2 Å². The highest BCUT2D eigenvalue weighted by molar-refractivity contribution is 8.00. The minimum atomic E-state index is -0.425. The summed E-state index contributed by atoms with van der Waals surface area (Å²) in [6.07, 6.45) is 0.0279. The molecular formula is C18H23FN4O3S. The second-order valence-electron chi connectivity index (χ2n) is 5.98. The van der Waals surface area contributed by atoms with Crippen LogP contribution in [0.5, 0.6) is 0 Å². The molecule has 0 spiro atoms. The van der Waals surface area contributed by atoms with Crippen LogP contribution in [0.3, 0.4) is 0 Å². The molecular weight excluding hydrogens is 371 g/mol. The van der Waals surface area contributed by atoms with Crippen molar-refractivity contribution >= 4 is 23.6 Å². The molecule has 0 aliphatic carbocycles. The molecule has 0 aliphatic rings. The number of amides is 1. The largest absolute Gasteiger partial charge is 0.466 e. The zero-order valence-electron chi connectivity index (χ0n) is 15.7. The average molecular weight is 394 g/mol. The molecule has 1 amide bonds. The molecule has 0 saturated carbocycles. The van der Waals surface area contributed by atoms with E-state index < -0.39 is 5.25 Å². The van der Waals surface area contributed by atoms with E-state index in [4.69, 9.17) is 4.74 Å². The number of nitrogens with one attached hydrogen (secondary N) is 1. The van der Waals surface area contributed by atoms with E-state index in [-0.39, 0.29) is 30.2 Å². The molecule has 0 aliphatic heterocycles. The van der Waals surface area contributed by atoms with Crippen molar-refractivity contribution in [2.75, 3.05) is 6.61 Å². The van der Waals surface area contributed by atoms with Crippen molar-refractivity contribution in [1.82, 2.24) is 20.1 Å². The predicted octanol–water partition coefficient (Wildman–Crippen LogP) is 2.42. The van der Waals surface area contributed by atoms with E-state index in [0.717, 1.165) is 5.56 Å². The number of carbonyl (C=O) groups is 2. The molecule has 0 unspecified atom stereocenters. The van der Waals surface area contributed by atoms with E-state index >= 15 is 0 Å². The highest BCUT2D eigenvalue weighted by atomic mass is 32.2. The molecule has 2 atom stereocenters. The first-order valence-electron chi connectivity index (χ1n) is 8.58. The minimum absolute atomic E-state index is 0.0279. The van der Waals surface area contributed by atoms with Gasteiger partial charge in [0.05, 0.1) is 17.9 Å². The summed E-state index contributed by atoms with van der Waals surface area (Å²) < 4.78 is 19.6. The number of esters is 1. The zero-order valence-corrected chi connectivity index (χ0v) is 16.5. The Bertz CT molecular complexity index is 794. The van der Waals surface area contributed by atoms with Gasteiger partial charge in [-0.15, -0.1) is 10.2 Å². The van der Waals surface area contributed by atoms with E-state index in [1.54, 1.807) is 37.6 Å². The number of hydrogen-bond donors (Lipinski definition) is 1. The Morgan fingerprint density at radius 2 is 1.93 bits per heavy atom. The average Bonchev–Trinajstić information content (AvgIpc) is 2.95. The van der Waals surface area contributed by atoms with Gasteiger partial charge in [0.15, 0.2) is 5.16 Å². The first-order chi connectivity index (χ1) is 12.8. The van der Waals surface area contributed by atoms with Crippen molar-refractivity contribution in [1.29, 1.82) is 0 Å². The SMILES string of the molecule is CCOC(=O)Cc1nnc(S[C@@H](C)C(=O)N[C@H](C)c2ccc(F)cc2)n1C. The molecule has 0 fully saturated rings. The molecule has 1 heterocycles. The molecule has 1 aromatic heterocycles.